The zero-order valence-electron chi connectivity index (χ0n) is 15.7. The second kappa shape index (κ2) is 6.55. The zero-order valence-corrected chi connectivity index (χ0v) is 15.7. The maximum Gasteiger partial charge on any atom is 0.180 e. The summed E-state index contributed by atoms with van der Waals surface area (Å²) in [5.41, 5.74) is 5.44. The minimum Gasteiger partial charge on any atom is -0.492 e. The number of aryl methyl sites for hydroxylation is 1. The van der Waals surface area contributed by atoms with E-state index in [1.807, 2.05) is 6.20 Å². The summed E-state index contributed by atoms with van der Waals surface area (Å²) in [7, 11) is 0. The van der Waals surface area contributed by atoms with Gasteiger partial charge >= 0.3 is 0 Å². The first kappa shape index (κ1) is 16.8. The molecule has 0 aromatic carbocycles. The van der Waals surface area contributed by atoms with Crippen LogP contribution in [0.25, 0.3) is 5.65 Å². The molecule has 0 saturated heterocycles. The fraction of sp³-hybridized carbons (Fsp3) is 0.474. The number of anilines is 1. The standard InChI is InChI=1S/C19H24N6O/c1-12(2)10-26-16-7-15-9-24(6-5-17(15)20-8-16)19-14(4)13(3)18-22-21-11-25(18)23-19/h7-8,11-12H,5-6,9-10H2,1-4H3. The Hall–Kier alpha value is -2.70. The fourth-order valence-electron chi connectivity index (χ4n) is 3.29. The highest BCUT2D eigenvalue weighted by Crippen LogP contribution is 2.28. The number of pyridine rings is 1. The Morgan fingerprint density at radius 1 is 1.23 bits per heavy atom. The predicted octanol–water partition coefficient (Wildman–Crippen LogP) is 2.73. The van der Waals surface area contributed by atoms with Crippen LogP contribution in [-0.2, 0) is 13.0 Å². The highest BCUT2D eigenvalue weighted by Gasteiger charge is 2.22. The maximum atomic E-state index is 5.85. The molecule has 4 rings (SSSR count). The molecule has 3 aromatic rings. The summed E-state index contributed by atoms with van der Waals surface area (Å²) >= 11 is 0. The van der Waals surface area contributed by atoms with Gasteiger partial charge in [-0.25, -0.2) is 0 Å². The van der Waals surface area contributed by atoms with E-state index < -0.39 is 0 Å². The van der Waals surface area contributed by atoms with E-state index in [1.165, 1.54) is 5.56 Å². The highest BCUT2D eigenvalue weighted by atomic mass is 16.5. The normalized spacial score (nSPS) is 14.1. The molecule has 1 aliphatic heterocycles. The van der Waals surface area contributed by atoms with E-state index in [1.54, 1.807) is 10.8 Å². The Morgan fingerprint density at radius 3 is 2.88 bits per heavy atom. The lowest BCUT2D eigenvalue weighted by Gasteiger charge is -2.30. The van der Waals surface area contributed by atoms with Crippen LogP contribution in [0.4, 0.5) is 5.82 Å². The summed E-state index contributed by atoms with van der Waals surface area (Å²) in [5.74, 6) is 2.32. The van der Waals surface area contributed by atoms with Crippen LogP contribution in [0.3, 0.4) is 0 Å². The second-order valence-electron chi connectivity index (χ2n) is 7.33. The van der Waals surface area contributed by atoms with Gasteiger partial charge in [0.2, 0.25) is 0 Å². The average molecular weight is 352 g/mol. The molecule has 3 aromatic heterocycles. The molecular formula is C19H24N6O. The van der Waals surface area contributed by atoms with Crippen molar-refractivity contribution in [1.82, 2.24) is 24.8 Å². The quantitative estimate of drug-likeness (QED) is 0.719. The van der Waals surface area contributed by atoms with Crippen LogP contribution in [0.15, 0.2) is 18.6 Å². The van der Waals surface area contributed by atoms with Gasteiger partial charge in [0, 0.05) is 36.3 Å². The number of ether oxygens (including phenoxy) is 1. The first-order valence-electron chi connectivity index (χ1n) is 9.05. The number of nitrogens with zero attached hydrogens (tertiary/aromatic N) is 6. The molecule has 7 nitrogen and oxygen atoms in total. The van der Waals surface area contributed by atoms with Gasteiger partial charge in [0.25, 0.3) is 0 Å². The second-order valence-corrected chi connectivity index (χ2v) is 7.33. The third-order valence-corrected chi connectivity index (χ3v) is 4.86. The molecule has 0 spiro atoms. The summed E-state index contributed by atoms with van der Waals surface area (Å²) in [6.45, 7) is 10.8. The molecule has 0 aliphatic carbocycles. The third-order valence-electron chi connectivity index (χ3n) is 4.86. The van der Waals surface area contributed by atoms with E-state index in [2.05, 4.69) is 53.8 Å². The molecule has 0 unspecified atom stereocenters. The minimum absolute atomic E-state index is 0.493. The van der Waals surface area contributed by atoms with Gasteiger partial charge in [0.05, 0.1) is 12.8 Å². The molecule has 0 atom stereocenters. The van der Waals surface area contributed by atoms with Gasteiger partial charge in [-0.05, 0) is 31.4 Å². The van der Waals surface area contributed by atoms with Crippen LogP contribution < -0.4 is 9.64 Å². The highest BCUT2D eigenvalue weighted by molar-refractivity contribution is 5.59. The Labute approximate surface area is 153 Å². The van der Waals surface area contributed by atoms with Crippen molar-refractivity contribution >= 4 is 11.5 Å². The van der Waals surface area contributed by atoms with Crippen LogP contribution in [0.1, 0.15) is 36.2 Å². The van der Waals surface area contributed by atoms with Crippen LogP contribution in [0.5, 0.6) is 5.75 Å². The summed E-state index contributed by atoms with van der Waals surface area (Å²) < 4.78 is 7.60. The molecule has 26 heavy (non-hydrogen) atoms. The van der Waals surface area contributed by atoms with Gasteiger partial charge in [-0.2, -0.15) is 4.52 Å². The molecule has 4 heterocycles. The van der Waals surface area contributed by atoms with Gasteiger partial charge < -0.3 is 9.64 Å². The lowest BCUT2D eigenvalue weighted by atomic mass is 10.0. The van der Waals surface area contributed by atoms with Crippen molar-refractivity contribution in [1.29, 1.82) is 0 Å². The lowest BCUT2D eigenvalue weighted by Crippen LogP contribution is -2.32. The van der Waals surface area contributed by atoms with Gasteiger partial charge in [-0.1, -0.05) is 13.8 Å². The minimum atomic E-state index is 0.493. The van der Waals surface area contributed by atoms with E-state index in [0.717, 1.165) is 53.5 Å². The van der Waals surface area contributed by atoms with Gasteiger partial charge in [0.1, 0.15) is 12.1 Å². The van der Waals surface area contributed by atoms with Crippen LogP contribution in [0, 0.1) is 19.8 Å². The topological polar surface area (TPSA) is 68.4 Å². The van der Waals surface area contributed by atoms with Crippen LogP contribution in [0.2, 0.25) is 0 Å². The van der Waals surface area contributed by atoms with Crippen molar-refractivity contribution in [2.45, 2.75) is 40.7 Å². The Balaban J connectivity index is 1.63. The zero-order chi connectivity index (χ0) is 18.3. The van der Waals surface area contributed by atoms with Crippen LogP contribution in [-0.4, -0.2) is 37.9 Å². The van der Waals surface area contributed by atoms with Crippen molar-refractivity contribution in [3.05, 3.63) is 41.0 Å². The molecule has 136 valence electrons. The van der Waals surface area contributed by atoms with E-state index in [0.29, 0.717) is 12.5 Å². The summed E-state index contributed by atoms with van der Waals surface area (Å²) in [4.78, 5) is 6.91. The van der Waals surface area contributed by atoms with Crippen molar-refractivity contribution < 1.29 is 4.74 Å². The largest absolute Gasteiger partial charge is 0.492 e. The van der Waals surface area contributed by atoms with E-state index >= 15 is 0 Å². The smallest absolute Gasteiger partial charge is 0.180 e. The van der Waals surface area contributed by atoms with Gasteiger partial charge in [0.15, 0.2) is 11.5 Å². The Morgan fingerprint density at radius 2 is 2.08 bits per heavy atom. The molecule has 0 radical (unpaired) electrons. The van der Waals surface area contributed by atoms with E-state index in [4.69, 9.17) is 9.84 Å². The molecular weight excluding hydrogens is 328 g/mol. The molecule has 7 heteroatoms. The summed E-state index contributed by atoms with van der Waals surface area (Å²) in [6, 6.07) is 2.12. The molecule has 1 aliphatic rings. The molecule has 0 fully saturated rings. The third kappa shape index (κ3) is 2.98. The first-order valence-corrected chi connectivity index (χ1v) is 9.05. The molecule has 0 saturated carbocycles. The molecule has 0 N–H and O–H groups in total. The van der Waals surface area contributed by atoms with Crippen molar-refractivity contribution in [2.75, 3.05) is 18.1 Å². The molecule has 0 bridgehead atoms. The number of fused-ring (bicyclic) bond motifs is 2. The summed E-state index contributed by atoms with van der Waals surface area (Å²) in [5, 5.41) is 12.9. The number of aromatic nitrogens is 5. The van der Waals surface area contributed by atoms with Crippen LogP contribution >= 0.6 is 0 Å². The lowest BCUT2D eigenvalue weighted by molar-refractivity contribution is 0.269. The number of hydrogen-bond donors (Lipinski definition) is 0. The monoisotopic (exact) mass is 352 g/mol. The SMILES string of the molecule is Cc1c(N2CCc3ncc(OCC(C)C)cc3C2)nn2cnnc2c1C. The van der Waals surface area contributed by atoms with Crippen molar-refractivity contribution in [3.8, 4) is 5.75 Å². The Bertz CT molecular complexity index is 949. The average Bonchev–Trinajstić information content (AvgIpc) is 3.11. The Kier molecular flexibility index (Phi) is 4.22. The van der Waals surface area contributed by atoms with E-state index in [9.17, 15) is 0 Å². The number of rotatable bonds is 4. The predicted molar refractivity (Wildman–Crippen MR) is 99.6 cm³/mol. The van der Waals surface area contributed by atoms with Gasteiger partial charge in [-0.3, -0.25) is 4.98 Å². The fourth-order valence-corrected chi connectivity index (χ4v) is 3.29. The molecule has 0 amide bonds. The maximum absolute atomic E-state index is 5.85. The van der Waals surface area contributed by atoms with Gasteiger partial charge in [-0.15, -0.1) is 15.3 Å². The summed E-state index contributed by atoms with van der Waals surface area (Å²) in [6.07, 6.45) is 4.40. The number of hydrogen-bond acceptors (Lipinski definition) is 6. The van der Waals surface area contributed by atoms with Crippen molar-refractivity contribution in [2.24, 2.45) is 5.92 Å². The van der Waals surface area contributed by atoms with Crippen molar-refractivity contribution in [3.63, 3.8) is 0 Å². The first-order chi connectivity index (χ1) is 12.5. The van der Waals surface area contributed by atoms with E-state index in [-0.39, 0.29) is 0 Å².